The molecule has 22 nitrogen and oxygen atoms in total. The Bertz CT molecular complexity index is 2870. The van der Waals surface area contributed by atoms with Crippen LogP contribution in [0.5, 0.6) is 0 Å². The maximum atomic E-state index is 13.9. The Hall–Kier alpha value is -7.91. The average molecular weight is 879 g/mol. The smallest absolute Gasteiger partial charge is 0.407 e. The number of rotatable bonds is 8. The van der Waals surface area contributed by atoms with Crippen LogP contribution in [0.4, 0.5) is 10.5 Å². The highest BCUT2D eigenvalue weighted by Gasteiger charge is 2.31. The van der Waals surface area contributed by atoms with Crippen LogP contribution in [0.2, 0.25) is 0 Å². The van der Waals surface area contributed by atoms with Gasteiger partial charge in [-0.1, -0.05) is 12.1 Å². The van der Waals surface area contributed by atoms with Crippen LogP contribution in [-0.2, 0) is 11.2 Å². The van der Waals surface area contributed by atoms with E-state index in [9.17, 15) is 24.5 Å². The number of aromatic nitrogens is 6. The summed E-state index contributed by atoms with van der Waals surface area (Å²) < 4.78 is 41.0. The highest BCUT2D eigenvalue weighted by atomic mass is 16.6. The molecule has 0 saturated heterocycles. The number of hydrogen-bond acceptors (Lipinski definition) is 18. The van der Waals surface area contributed by atoms with E-state index in [2.05, 4.69) is 40.9 Å². The van der Waals surface area contributed by atoms with Crippen molar-refractivity contribution in [1.82, 2.24) is 45.9 Å². The van der Waals surface area contributed by atoms with E-state index in [0.717, 1.165) is 6.26 Å². The minimum Gasteiger partial charge on any atom is -0.444 e. The fourth-order valence-corrected chi connectivity index (χ4v) is 6.78. The number of amides is 3. The van der Waals surface area contributed by atoms with Crippen molar-refractivity contribution in [2.45, 2.75) is 91.8 Å². The molecule has 22 heteroatoms. The highest BCUT2D eigenvalue weighted by molar-refractivity contribution is 5.93. The molecule has 0 saturated carbocycles. The summed E-state index contributed by atoms with van der Waals surface area (Å²) in [5, 5.41) is 19.9. The van der Waals surface area contributed by atoms with Crippen LogP contribution in [0, 0.1) is 37.8 Å². The van der Waals surface area contributed by atoms with Crippen molar-refractivity contribution >= 4 is 23.6 Å². The second kappa shape index (κ2) is 17.1. The van der Waals surface area contributed by atoms with Crippen LogP contribution in [0.1, 0.15) is 113 Å². The van der Waals surface area contributed by atoms with Gasteiger partial charge < -0.3 is 47.2 Å². The fraction of sp³-hybridized carbons (Fsp3) is 0.357. The number of alkyl carbamates (subject to hydrolysis) is 1. The van der Waals surface area contributed by atoms with Gasteiger partial charge in [-0.15, -0.1) is 0 Å². The quantitative estimate of drug-likeness (QED) is 0.0751. The molecule has 3 amide bonds. The molecule has 12 bridgehead atoms. The molecule has 0 fully saturated rings. The molecule has 64 heavy (non-hydrogen) atoms. The number of unbranched alkanes of at least 4 members (excludes halogenated alkanes) is 1. The maximum Gasteiger partial charge on any atom is 0.407 e. The van der Waals surface area contributed by atoms with Gasteiger partial charge >= 0.3 is 6.09 Å². The minimum absolute atomic E-state index is 0.0159. The normalized spacial score (nSPS) is 15.3. The summed E-state index contributed by atoms with van der Waals surface area (Å²) in [6.07, 6.45) is 3.29. The van der Waals surface area contributed by atoms with E-state index in [-0.39, 0.29) is 81.6 Å². The molecule has 1 aromatic carbocycles. The standard InChI is InChI=1S/C42H42N10O12/c1-19-30-38-47-28(18-59-38)34(54)45-26(16-23-11-13-24(14-12-23)52(56)57)36-49-32(22(4)61-36)40-51-29(20(2)63-40)37-46-27(17-58-37)33(53)44-25(10-8-9-15-43-41(55)64-42(5,6)7)35-48-31(21(3)60-35)39(50-30)62-19/h11-14,17-18,25-26H,8-10,15-16H2,1-7H3,(H,43,55)(H,44,53)(H,45,54). The number of hydrogen-bond donors (Lipinski definition) is 3. The SMILES string of the molecule is Cc1oc2nc1-c1nc(co1)C(=O)NC(Cc1ccc([N+](=O)[O-])cc1)c1nc(c(C)o1)-c1nc(c(C)o1)-c1nc(co1)C(=O)NC(CCCCNC(=O)OC(C)(C)C)c1nc-2c(C)o1. The lowest BCUT2D eigenvalue weighted by atomic mass is 10.1. The van der Waals surface area contributed by atoms with E-state index in [1.165, 1.54) is 18.4 Å². The number of benzene rings is 1. The zero-order valence-electron chi connectivity index (χ0n) is 35.7. The van der Waals surface area contributed by atoms with Crippen LogP contribution < -0.4 is 16.0 Å². The molecule has 0 radical (unpaired) electrons. The molecular formula is C42H42N10O12. The third kappa shape index (κ3) is 9.15. The van der Waals surface area contributed by atoms with E-state index in [1.54, 1.807) is 60.6 Å². The molecule has 2 unspecified atom stereocenters. The van der Waals surface area contributed by atoms with Gasteiger partial charge in [0.2, 0.25) is 35.3 Å². The molecule has 0 spiro atoms. The second-order valence-corrected chi connectivity index (χ2v) is 15.9. The lowest BCUT2D eigenvalue weighted by Crippen LogP contribution is -2.33. The molecule has 0 aliphatic carbocycles. The largest absolute Gasteiger partial charge is 0.444 e. The van der Waals surface area contributed by atoms with Gasteiger partial charge in [0, 0.05) is 25.1 Å². The van der Waals surface area contributed by atoms with Gasteiger partial charge in [-0.3, -0.25) is 19.7 Å². The number of nitro groups is 1. The van der Waals surface area contributed by atoms with Gasteiger partial charge in [-0.05, 0) is 73.3 Å². The van der Waals surface area contributed by atoms with Crippen molar-refractivity contribution in [3.8, 4) is 46.3 Å². The number of nitrogens with one attached hydrogen (secondary N) is 3. The summed E-state index contributed by atoms with van der Waals surface area (Å²) in [6.45, 7) is 12.2. The zero-order chi connectivity index (χ0) is 45.4. The second-order valence-electron chi connectivity index (χ2n) is 15.9. The summed E-state index contributed by atoms with van der Waals surface area (Å²) in [5.74, 6) is 0.227. The van der Waals surface area contributed by atoms with Gasteiger partial charge in [-0.2, -0.15) is 0 Å². The van der Waals surface area contributed by atoms with Crippen molar-refractivity contribution in [3.05, 3.63) is 98.7 Å². The van der Waals surface area contributed by atoms with Crippen LogP contribution in [0.3, 0.4) is 0 Å². The molecule has 1 aliphatic rings. The summed E-state index contributed by atoms with van der Waals surface area (Å²) in [4.78, 5) is 78.1. The van der Waals surface area contributed by atoms with Crippen molar-refractivity contribution in [2.24, 2.45) is 0 Å². The third-order valence-corrected chi connectivity index (χ3v) is 9.89. The first-order valence-electron chi connectivity index (χ1n) is 20.1. The minimum atomic E-state index is -0.933. The third-order valence-electron chi connectivity index (χ3n) is 9.89. The lowest BCUT2D eigenvalue weighted by molar-refractivity contribution is -0.384. The van der Waals surface area contributed by atoms with Crippen LogP contribution in [0.15, 0.2) is 63.3 Å². The van der Waals surface area contributed by atoms with Crippen LogP contribution in [-0.4, -0.2) is 64.9 Å². The van der Waals surface area contributed by atoms with Crippen molar-refractivity contribution in [2.75, 3.05) is 6.54 Å². The molecular weight excluding hydrogens is 837 g/mol. The van der Waals surface area contributed by atoms with Crippen molar-refractivity contribution in [3.63, 3.8) is 0 Å². The Morgan fingerprint density at radius 3 is 1.70 bits per heavy atom. The number of carbonyl (C=O) groups excluding carboxylic acids is 3. The first kappa shape index (κ1) is 42.8. The number of oxazole rings is 6. The van der Waals surface area contributed by atoms with Gasteiger partial charge in [0.25, 0.3) is 17.5 Å². The van der Waals surface area contributed by atoms with Gasteiger partial charge in [0.1, 0.15) is 53.3 Å². The lowest BCUT2D eigenvalue weighted by Gasteiger charge is -2.19. The average Bonchev–Trinajstić information content (AvgIpc) is 4.10. The number of nitrogens with zero attached hydrogens (tertiary/aromatic N) is 7. The summed E-state index contributed by atoms with van der Waals surface area (Å²) in [7, 11) is 0. The summed E-state index contributed by atoms with van der Waals surface area (Å²) in [6, 6.07) is 4.12. The molecule has 1 aliphatic heterocycles. The number of nitro benzene ring substituents is 1. The predicted molar refractivity (Wildman–Crippen MR) is 219 cm³/mol. The van der Waals surface area contributed by atoms with Gasteiger partial charge in [0.15, 0.2) is 34.2 Å². The van der Waals surface area contributed by atoms with E-state index in [0.29, 0.717) is 54.4 Å². The van der Waals surface area contributed by atoms with Crippen LogP contribution in [0.25, 0.3) is 46.3 Å². The number of carbonyl (C=O) groups is 3. The number of fused-ring (bicyclic) bond motifs is 16. The van der Waals surface area contributed by atoms with Gasteiger partial charge in [0.05, 0.1) is 4.92 Å². The first-order valence-corrected chi connectivity index (χ1v) is 20.1. The summed E-state index contributed by atoms with van der Waals surface area (Å²) in [5.41, 5.74) is 0.510. The molecule has 332 valence electrons. The van der Waals surface area contributed by atoms with E-state index >= 15 is 0 Å². The molecule has 7 aromatic rings. The summed E-state index contributed by atoms with van der Waals surface area (Å²) >= 11 is 0. The Morgan fingerprint density at radius 2 is 1.19 bits per heavy atom. The van der Waals surface area contributed by atoms with E-state index in [4.69, 9.17) is 36.2 Å². The number of non-ortho nitro benzene ring substituents is 1. The predicted octanol–water partition coefficient (Wildman–Crippen LogP) is 7.62. The molecule has 8 rings (SSSR count). The fourth-order valence-electron chi connectivity index (χ4n) is 6.78. The Labute approximate surface area is 362 Å². The molecule has 7 heterocycles. The van der Waals surface area contributed by atoms with Crippen molar-refractivity contribution in [1.29, 1.82) is 0 Å². The van der Waals surface area contributed by atoms with Crippen molar-refractivity contribution < 1.29 is 50.5 Å². The van der Waals surface area contributed by atoms with Gasteiger partial charge in [-0.25, -0.2) is 34.7 Å². The number of ether oxygens (including phenoxy) is 1. The van der Waals surface area contributed by atoms with Crippen LogP contribution >= 0.6 is 0 Å². The Morgan fingerprint density at radius 1 is 0.703 bits per heavy atom. The van der Waals surface area contributed by atoms with E-state index < -0.39 is 40.5 Å². The zero-order valence-corrected chi connectivity index (χ0v) is 35.7. The monoisotopic (exact) mass is 878 g/mol. The molecule has 3 N–H and O–H groups in total. The number of aryl methyl sites for hydroxylation is 4. The Balaban J connectivity index is 1.15. The molecule has 6 aromatic heterocycles. The Kier molecular flexibility index (Phi) is 11.4. The first-order chi connectivity index (χ1) is 30.5. The van der Waals surface area contributed by atoms with E-state index in [1.807, 2.05) is 0 Å². The topological polar surface area (TPSA) is 296 Å². The highest BCUT2D eigenvalue weighted by Crippen LogP contribution is 2.34. The molecule has 2 atom stereocenters. The maximum absolute atomic E-state index is 13.9.